The summed E-state index contributed by atoms with van der Waals surface area (Å²) in [5.74, 6) is 1.24. The van der Waals surface area contributed by atoms with Crippen LogP contribution in [0.3, 0.4) is 0 Å². The fraction of sp³-hybridized carbons (Fsp3) is 0.750. The maximum Gasteiger partial charge on any atom is 0.291 e. The monoisotopic (exact) mass is 252 g/mol. The van der Waals surface area contributed by atoms with Crippen LogP contribution in [0.25, 0.3) is 0 Å². The molecule has 0 saturated carbocycles. The van der Waals surface area contributed by atoms with Crippen molar-refractivity contribution in [3.05, 3.63) is 11.6 Å². The molecular weight excluding hydrogens is 232 g/mol. The maximum atomic E-state index is 11.9. The zero-order valence-corrected chi connectivity index (χ0v) is 10.9. The molecule has 1 fully saturated rings. The first kappa shape index (κ1) is 13.0. The molecule has 0 aliphatic carbocycles. The molecule has 1 atom stereocenters. The van der Waals surface area contributed by atoms with Crippen LogP contribution >= 0.6 is 0 Å². The summed E-state index contributed by atoms with van der Waals surface area (Å²) in [6, 6.07) is 0.130. The zero-order chi connectivity index (χ0) is 13.0. The molecule has 0 spiro atoms. The third kappa shape index (κ3) is 3.07. The van der Waals surface area contributed by atoms with Crippen molar-refractivity contribution in [1.29, 1.82) is 0 Å². The molecular formula is C12H20N4O2. The summed E-state index contributed by atoms with van der Waals surface area (Å²) in [4.78, 5) is 16.1. The van der Waals surface area contributed by atoms with Gasteiger partial charge in [0.25, 0.3) is 5.91 Å². The van der Waals surface area contributed by atoms with Gasteiger partial charge in [0.2, 0.25) is 5.82 Å². The van der Waals surface area contributed by atoms with Crippen LogP contribution in [0.15, 0.2) is 0 Å². The minimum absolute atomic E-state index is 0.130. The lowest BCUT2D eigenvalue weighted by molar-refractivity contribution is 0.0537. The number of carbonyl (C=O) groups is 1. The Labute approximate surface area is 107 Å². The van der Waals surface area contributed by atoms with Crippen LogP contribution in [-0.2, 0) is 11.2 Å². The number of aromatic nitrogens is 3. The highest BCUT2D eigenvalue weighted by Crippen LogP contribution is 2.18. The van der Waals surface area contributed by atoms with E-state index in [1.165, 1.54) is 0 Å². The van der Waals surface area contributed by atoms with Gasteiger partial charge in [0.1, 0.15) is 5.82 Å². The van der Waals surface area contributed by atoms with E-state index >= 15 is 0 Å². The van der Waals surface area contributed by atoms with Gasteiger partial charge in [-0.15, -0.1) is 5.10 Å². The Morgan fingerprint density at radius 3 is 2.89 bits per heavy atom. The van der Waals surface area contributed by atoms with Crippen LogP contribution < -0.4 is 5.32 Å². The number of nitrogens with zero attached hydrogens (tertiary/aromatic N) is 2. The number of hydrogen-bond donors (Lipinski definition) is 2. The van der Waals surface area contributed by atoms with Crippen LogP contribution in [0, 0.1) is 5.92 Å². The first-order valence-corrected chi connectivity index (χ1v) is 6.50. The van der Waals surface area contributed by atoms with Gasteiger partial charge < -0.3 is 10.1 Å². The quantitative estimate of drug-likeness (QED) is 0.834. The van der Waals surface area contributed by atoms with Crippen molar-refractivity contribution >= 4 is 5.91 Å². The first-order chi connectivity index (χ1) is 8.70. The van der Waals surface area contributed by atoms with Gasteiger partial charge in [-0.1, -0.05) is 6.92 Å². The Hall–Kier alpha value is -1.43. The van der Waals surface area contributed by atoms with E-state index < -0.39 is 0 Å². The van der Waals surface area contributed by atoms with Gasteiger partial charge in [0, 0.05) is 25.7 Å². The first-order valence-electron chi connectivity index (χ1n) is 6.50. The van der Waals surface area contributed by atoms with Crippen molar-refractivity contribution in [3.63, 3.8) is 0 Å². The highest BCUT2D eigenvalue weighted by atomic mass is 16.5. The summed E-state index contributed by atoms with van der Waals surface area (Å²) < 4.78 is 5.31. The number of amides is 1. The lowest BCUT2D eigenvalue weighted by Crippen LogP contribution is -2.40. The number of H-pyrrole nitrogens is 1. The lowest BCUT2D eigenvalue weighted by Gasteiger charge is -2.27. The molecule has 1 aliphatic heterocycles. The van der Waals surface area contributed by atoms with Crippen LogP contribution in [0.4, 0.5) is 0 Å². The van der Waals surface area contributed by atoms with Crippen LogP contribution in [0.2, 0.25) is 0 Å². The minimum atomic E-state index is -0.204. The van der Waals surface area contributed by atoms with E-state index in [2.05, 4.69) is 20.5 Å². The highest BCUT2D eigenvalue weighted by Gasteiger charge is 2.23. The smallest absolute Gasteiger partial charge is 0.291 e. The second kappa shape index (κ2) is 5.95. The number of aromatic amines is 1. The molecule has 0 radical (unpaired) electrons. The number of rotatable bonds is 4. The molecule has 1 amide bonds. The standard InChI is InChI=1S/C12H20N4O2/c1-3-10-14-11(16-15-10)12(17)13-8(2)9-4-6-18-7-5-9/h8-9H,3-7H2,1-2H3,(H,13,17)(H,14,15,16). The predicted molar refractivity (Wildman–Crippen MR) is 66.2 cm³/mol. The van der Waals surface area contributed by atoms with E-state index in [-0.39, 0.29) is 17.8 Å². The van der Waals surface area contributed by atoms with Crippen molar-refractivity contribution in [2.75, 3.05) is 13.2 Å². The third-order valence-electron chi connectivity index (χ3n) is 3.40. The Bertz CT molecular complexity index is 399. The summed E-state index contributed by atoms with van der Waals surface area (Å²) in [6.07, 6.45) is 2.74. The number of aryl methyl sites for hydroxylation is 1. The minimum Gasteiger partial charge on any atom is -0.381 e. The molecule has 1 aromatic heterocycles. The number of carbonyl (C=O) groups excluding carboxylic acids is 1. The Morgan fingerprint density at radius 2 is 2.28 bits per heavy atom. The van der Waals surface area contributed by atoms with E-state index in [1.54, 1.807) is 0 Å². The van der Waals surface area contributed by atoms with E-state index in [1.807, 2.05) is 13.8 Å². The van der Waals surface area contributed by atoms with Gasteiger partial charge in [0.15, 0.2) is 0 Å². The molecule has 0 aromatic carbocycles. The summed E-state index contributed by atoms with van der Waals surface area (Å²) >= 11 is 0. The number of ether oxygens (including phenoxy) is 1. The fourth-order valence-corrected chi connectivity index (χ4v) is 2.16. The molecule has 1 aromatic rings. The number of hydrogen-bond acceptors (Lipinski definition) is 4. The maximum absolute atomic E-state index is 11.9. The van der Waals surface area contributed by atoms with Crippen LogP contribution in [0.1, 0.15) is 43.1 Å². The average Bonchev–Trinajstić information content (AvgIpc) is 2.88. The molecule has 100 valence electrons. The van der Waals surface area contributed by atoms with Crippen molar-refractivity contribution in [1.82, 2.24) is 20.5 Å². The summed E-state index contributed by atoms with van der Waals surface area (Å²) in [5.41, 5.74) is 0. The van der Waals surface area contributed by atoms with Crippen molar-refractivity contribution in [2.45, 2.75) is 39.2 Å². The normalized spacial score (nSPS) is 18.6. The van der Waals surface area contributed by atoms with Gasteiger partial charge >= 0.3 is 0 Å². The van der Waals surface area contributed by atoms with Gasteiger partial charge in [0.05, 0.1) is 0 Å². The van der Waals surface area contributed by atoms with E-state index in [0.29, 0.717) is 5.92 Å². The molecule has 2 heterocycles. The van der Waals surface area contributed by atoms with Gasteiger partial charge in [-0.25, -0.2) is 4.98 Å². The molecule has 2 rings (SSSR count). The lowest BCUT2D eigenvalue weighted by atomic mass is 9.93. The summed E-state index contributed by atoms with van der Waals surface area (Å²) in [7, 11) is 0. The Balaban J connectivity index is 1.89. The van der Waals surface area contributed by atoms with Crippen LogP contribution in [-0.4, -0.2) is 40.3 Å². The molecule has 1 saturated heterocycles. The molecule has 1 unspecified atom stereocenters. The molecule has 1 aliphatic rings. The van der Waals surface area contributed by atoms with Gasteiger partial charge in [-0.3, -0.25) is 9.89 Å². The molecule has 6 heteroatoms. The fourth-order valence-electron chi connectivity index (χ4n) is 2.16. The van der Waals surface area contributed by atoms with Crippen molar-refractivity contribution < 1.29 is 9.53 Å². The average molecular weight is 252 g/mol. The topological polar surface area (TPSA) is 79.9 Å². The highest BCUT2D eigenvalue weighted by molar-refractivity contribution is 5.90. The van der Waals surface area contributed by atoms with Crippen molar-refractivity contribution in [3.8, 4) is 0 Å². The second-order valence-electron chi connectivity index (χ2n) is 4.67. The third-order valence-corrected chi connectivity index (χ3v) is 3.40. The second-order valence-corrected chi connectivity index (χ2v) is 4.67. The van der Waals surface area contributed by atoms with E-state index in [0.717, 1.165) is 38.3 Å². The van der Waals surface area contributed by atoms with Gasteiger partial charge in [-0.05, 0) is 25.7 Å². The zero-order valence-electron chi connectivity index (χ0n) is 10.9. The molecule has 0 bridgehead atoms. The van der Waals surface area contributed by atoms with Crippen molar-refractivity contribution in [2.24, 2.45) is 5.92 Å². The predicted octanol–water partition coefficient (Wildman–Crippen LogP) is 0.912. The molecule has 2 N–H and O–H groups in total. The summed E-state index contributed by atoms with van der Waals surface area (Å²) in [5, 5.41) is 9.62. The molecule has 6 nitrogen and oxygen atoms in total. The van der Waals surface area contributed by atoms with E-state index in [4.69, 9.17) is 4.74 Å². The summed E-state index contributed by atoms with van der Waals surface area (Å²) in [6.45, 7) is 5.56. The molecule has 18 heavy (non-hydrogen) atoms. The largest absolute Gasteiger partial charge is 0.381 e. The Morgan fingerprint density at radius 1 is 1.56 bits per heavy atom. The van der Waals surface area contributed by atoms with E-state index in [9.17, 15) is 4.79 Å². The van der Waals surface area contributed by atoms with Crippen LogP contribution in [0.5, 0.6) is 0 Å². The van der Waals surface area contributed by atoms with Gasteiger partial charge in [-0.2, -0.15) is 0 Å². The SMILES string of the molecule is CCc1nc(C(=O)NC(C)C2CCOCC2)n[nH]1. The Kier molecular flexibility index (Phi) is 4.30. The number of nitrogens with one attached hydrogen (secondary N) is 2.